The van der Waals surface area contributed by atoms with E-state index in [2.05, 4.69) is 33.1 Å². The van der Waals surface area contributed by atoms with Gasteiger partial charge in [0.1, 0.15) is 5.65 Å². The zero-order chi connectivity index (χ0) is 20.5. The van der Waals surface area contributed by atoms with E-state index < -0.39 is 0 Å². The fourth-order valence-corrected chi connectivity index (χ4v) is 5.55. The lowest BCUT2D eigenvalue weighted by Crippen LogP contribution is -2.28. The van der Waals surface area contributed by atoms with E-state index in [9.17, 15) is 4.39 Å². The van der Waals surface area contributed by atoms with Crippen molar-refractivity contribution < 1.29 is 9.13 Å². The second-order valence-corrected chi connectivity index (χ2v) is 9.20. The predicted molar refractivity (Wildman–Crippen MR) is 121 cm³/mol. The summed E-state index contributed by atoms with van der Waals surface area (Å²) < 4.78 is 19.7. The van der Waals surface area contributed by atoms with Gasteiger partial charge in [-0.1, -0.05) is 6.42 Å². The van der Waals surface area contributed by atoms with Crippen molar-refractivity contribution in [2.75, 3.05) is 20.2 Å². The molecule has 0 saturated carbocycles. The summed E-state index contributed by atoms with van der Waals surface area (Å²) in [6.07, 6.45) is 10.9. The number of ether oxygens (including phenoxy) is 1. The number of H-pyrrole nitrogens is 1. The zero-order valence-corrected chi connectivity index (χ0v) is 18.0. The molecule has 4 heterocycles. The first-order valence-corrected chi connectivity index (χ1v) is 11.5. The highest BCUT2D eigenvalue weighted by Crippen LogP contribution is 2.38. The summed E-state index contributed by atoms with van der Waals surface area (Å²) in [5.74, 6) is 0.0605. The maximum absolute atomic E-state index is 14.3. The Labute approximate surface area is 180 Å². The molecule has 0 bridgehead atoms. The van der Waals surface area contributed by atoms with Gasteiger partial charge in [0, 0.05) is 50.8 Å². The van der Waals surface area contributed by atoms with Crippen LogP contribution >= 0.6 is 11.3 Å². The van der Waals surface area contributed by atoms with Crippen molar-refractivity contribution in [1.82, 2.24) is 14.9 Å². The molecule has 0 atom stereocenters. The molecule has 156 valence electrons. The number of aromatic amines is 1. The van der Waals surface area contributed by atoms with Crippen LogP contribution in [0.25, 0.3) is 27.0 Å². The number of hydrogen-bond donors (Lipinski definition) is 1. The van der Waals surface area contributed by atoms with E-state index in [1.54, 1.807) is 6.08 Å². The minimum atomic E-state index is -0.280. The van der Waals surface area contributed by atoms with Crippen molar-refractivity contribution in [2.24, 2.45) is 0 Å². The van der Waals surface area contributed by atoms with Crippen LogP contribution in [0.2, 0.25) is 0 Å². The van der Waals surface area contributed by atoms with Gasteiger partial charge in [-0.3, -0.25) is 4.90 Å². The van der Waals surface area contributed by atoms with Crippen LogP contribution in [-0.2, 0) is 11.3 Å². The molecule has 3 aromatic rings. The van der Waals surface area contributed by atoms with E-state index in [0.29, 0.717) is 12.2 Å². The second kappa shape index (κ2) is 8.36. The number of thiophene rings is 1. The van der Waals surface area contributed by atoms with Gasteiger partial charge in [0.15, 0.2) is 11.6 Å². The number of nitrogens with one attached hydrogen (secondary N) is 1. The largest absolute Gasteiger partial charge is 0.493 e. The van der Waals surface area contributed by atoms with Gasteiger partial charge in [0.25, 0.3) is 0 Å². The summed E-state index contributed by atoms with van der Waals surface area (Å²) in [4.78, 5) is 13.0. The van der Waals surface area contributed by atoms with Crippen molar-refractivity contribution in [3.05, 3.63) is 58.7 Å². The van der Waals surface area contributed by atoms with Gasteiger partial charge in [-0.15, -0.1) is 11.3 Å². The van der Waals surface area contributed by atoms with Gasteiger partial charge >= 0.3 is 0 Å². The Hall–Kier alpha value is -2.44. The zero-order valence-electron chi connectivity index (χ0n) is 17.2. The first-order chi connectivity index (χ1) is 14.7. The van der Waals surface area contributed by atoms with Gasteiger partial charge in [-0.25, -0.2) is 9.37 Å². The van der Waals surface area contributed by atoms with Crippen LogP contribution < -0.4 is 0 Å². The third kappa shape index (κ3) is 3.70. The van der Waals surface area contributed by atoms with Crippen molar-refractivity contribution in [3.63, 3.8) is 0 Å². The molecule has 4 nitrogen and oxygen atoms in total. The highest BCUT2D eigenvalue weighted by atomic mass is 32.1. The quantitative estimate of drug-likeness (QED) is 0.525. The highest BCUT2D eigenvalue weighted by Gasteiger charge is 2.21. The number of nitrogens with zero attached hydrogens (tertiary/aromatic N) is 2. The SMILES string of the molecule is COC1=C(c2c[nH]c3ncc(-c4ccc(CN5CCCCC5)s4)cc23)CCC=C1F. The average molecular weight is 424 g/mol. The first kappa shape index (κ1) is 19.5. The molecule has 1 fully saturated rings. The minimum absolute atomic E-state index is 0.280. The van der Waals surface area contributed by atoms with Crippen LogP contribution in [-0.4, -0.2) is 35.1 Å². The molecule has 2 aliphatic rings. The molecule has 1 aliphatic carbocycles. The smallest absolute Gasteiger partial charge is 0.161 e. The molecule has 1 N–H and O–H groups in total. The lowest BCUT2D eigenvalue weighted by molar-refractivity contribution is 0.222. The third-order valence-electron chi connectivity index (χ3n) is 6.04. The molecule has 3 aromatic heterocycles. The van der Waals surface area contributed by atoms with E-state index in [1.165, 1.54) is 49.2 Å². The van der Waals surface area contributed by atoms with Crippen molar-refractivity contribution in [2.45, 2.75) is 38.6 Å². The predicted octanol–water partition coefficient (Wildman–Crippen LogP) is 6.28. The monoisotopic (exact) mass is 423 g/mol. The third-order valence-corrected chi connectivity index (χ3v) is 7.16. The van der Waals surface area contributed by atoms with Crippen LogP contribution in [0.4, 0.5) is 4.39 Å². The Bertz CT molecular complexity index is 1120. The van der Waals surface area contributed by atoms with Gasteiger partial charge in [0.05, 0.1) is 7.11 Å². The normalized spacial score (nSPS) is 18.1. The summed E-state index contributed by atoms with van der Waals surface area (Å²) in [5.41, 5.74) is 3.80. The molecule has 30 heavy (non-hydrogen) atoms. The van der Waals surface area contributed by atoms with Gasteiger partial charge in [-0.05, 0) is 63.0 Å². The molecule has 1 saturated heterocycles. The Morgan fingerprint density at radius 1 is 1.23 bits per heavy atom. The molecular weight excluding hydrogens is 397 g/mol. The van der Waals surface area contributed by atoms with Crippen molar-refractivity contribution in [3.8, 4) is 10.4 Å². The average Bonchev–Trinajstić information content (AvgIpc) is 3.41. The van der Waals surface area contributed by atoms with Gasteiger partial charge < -0.3 is 9.72 Å². The van der Waals surface area contributed by atoms with Crippen molar-refractivity contribution >= 4 is 27.9 Å². The fraction of sp³-hybridized carbons (Fsp3) is 0.375. The number of fused-ring (bicyclic) bond motifs is 1. The molecule has 0 aromatic carbocycles. The van der Waals surface area contributed by atoms with E-state index >= 15 is 0 Å². The number of methoxy groups -OCH3 is 1. The maximum atomic E-state index is 14.3. The van der Waals surface area contributed by atoms with Gasteiger partial charge in [0.2, 0.25) is 0 Å². The number of rotatable bonds is 5. The number of halogens is 1. The Balaban J connectivity index is 1.47. The molecule has 0 radical (unpaired) electrons. The first-order valence-electron chi connectivity index (χ1n) is 10.6. The van der Waals surface area contributed by atoms with E-state index in [4.69, 9.17) is 4.74 Å². The van der Waals surface area contributed by atoms with E-state index in [0.717, 1.165) is 40.7 Å². The molecule has 1 aliphatic heterocycles. The number of hydrogen-bond acceptors (Lipinski definition) is 4. The standard InChI is InChI=1S/C24H26FN3OS/c1-29-23-18(6-5-7-21(23)25)20-14-27-24-19(20)12-16(13-26-24)22-9-8-17(30-22)15-28-10-3-2-4-11-28/h7-9,12-14H,2-6,10-11,15H2,1H3,(H,26,27). The molecule has 5 rings (SSSR count). The van der Waals surface area contributed by atoms with Crippen LogP contribution in [0.3, 0.4) is 0 Å². The number of aromatic nitrogens is 2. The number of pyridine rings is 1. The minimum Gasteiger partial charge on any atom is -0.493 e. The summed E-state index contributed by atoms with van der Waals surface area (Å²) in [6.45, 7) is 3.44. The van der Waals surface area contributed by atoms with Crippen molar-refractivity contribution in [1.29, 1.82) is 0 Å². The Morgan fingerprint density at radius 2 is 2.10 bits per heavy atom. The van der Waals surface area contributed by atoms with E-state index in [1.807, 2.05) is 23.7 Å². The molecule has 0 unspecified atom stereocenters. The molecular formula is C24H26FN3OS. The highest BCUT2D eigenvalue weighted by molar-refractivity contribution is 7.15. The second-order valence-electron chi connectivity index (χ2n) is 8.03. The summed E-state index contributed by atoms with van der Waals surface area (Å²) in [5, 5.41) is 1.01. The molecule has 0 spiro atoms. The summed E-state index contributed by atoms with van der Waals surface area (Å²) in [7, 11) is 1.53. The Morgan fingerprint density at radius 3 is 2.93 bits per heavy atom. The maximum Gasteiger partial charge on any atom is 0.161 e. The van der Waals surface area contributed by atoms with Crippen LogP contribution in [0.1, 0.15) is 42.5 Å². The van der Waals surface area contributed by atoms with Crippen LogP contribution in [0, 0.1) is 0 Å². The fourth-order valence-electron chi connectivity index (χ4n) is 4.52. The summed E-state index contributed by atoms with van der Waals surface area (Å²) in [6, 6.07) is 6.60. The van der Waals surface area contributed by atoms with Crippen LogP contribution in [0.15, 0.2) is 48.3 Å². The lowest BCUT2D eigenvalue weighted by Gasteiger charge is -2.25. The number of allylic oxidation sites excluding steroid dienone is 3. The number of likely N-dealkylation sites (tertiary alicyclic amines) is 1. The topological polar surface area (TPSA) is 41.1 Å². The summed E-state index contributed by atoms with van der Waals surface area (Å²) >= 11 is 1.84. The lowest BCUT2D eigenvalue weighted by atomic mass is 9.95. The molecule has 6 heteroatoms. The van der Waals surface area contributed by atoms with Gasteiger partial charge in [-0.2, -0.15) is 0 Å². The van der Waals surface area contributed by atoms with Crippen LogP contribution in [0.5, 0.6) is 0 Å². The molecule has 0 amide bonds. The van der Waals surface area contributed by atoms with E-state index in [-0.39, 0.29) is 5.83 Å². The number of piperidine rings is 1. The Kier molecular flexibility index (Phi) is 5.44.